The standard InChI is InChI=1S/C15H21N/c1-3-15(4-2)13-11-8-6-5-7-10(11)9-12(13)14(15)16/h5-8,12-14H,3-4,9,16H2,1-2H3. The van der Waals surface area contributed by atoms with Crippen molar-refractivity contribution < 1.29 is 0 Å². The highest BCUT2D eigenvalue weighted by molar-refractivity contribution is 5.43. The van der Waals surface area contributed by atoms with Gasteiger partial charge in [0.25, 0.3) is 0 Å². The van der Waals surface area contributed by atoms with Crippen molar-refractivity contribution >= 4 is 0 Å². The lowest BCUT2D eigenvalue weighted by Gasteiger charge is -2.58. The summed E-state index contributed by atoms with van der Waals surface area (Å²) in [6.45, 7) is 4.61. The summed E-state index contributed by atoms with van der Waals surface area (Å²) in [5.41, 5.74) is 9.98. The van der Waals surface area contributed by atoms with Gasteiger partial charge in [0, 0.05) is 6.04 Å². The van der Waals surface area contributed by atoms with Crippen molar-refractivity contribution in [3.8, 4) is 0 Å². The summed E-state index contributed by atoms with van der Waals surface area (Å²) in [4.78, 5) is 0. The van der Waals surface area contributed by atoms with E-state index in [9.17, 15) is 0 Å². The van der Waals surface area contributed by atoms with E-state index in [1.54, 1.807) is 11.1 Å². The van der Waals surface area contributed by atoms with Crippen LogP contribution in [0.3, 0.4) is 0 Å². The van der Waals surface area contributed by atoms with Crippen LogP contribution in [0.25, 0.3) is 0 Å². The summed E-state index contributed by atoms with van der Waals surface area (Å²) in [6, 6.07) is 9.37. The van der Waals surface area contributed by atoms with E-state index in [2.05, 4.69) is 38.1 Å². The fraction of sp³-hybridized carbons (Fsp3) is 0.600. The Labute approximate surface area is 98.0 Å². The van der Waals surface area contributed by atoms with E-state index in [0.29, 0.717) is 11.5 Å². The third-order valence-electron chi connectivity index (χ3n) is 5.33. The van der Waals surface area contributed by atoms with Crippen molar-refractivity contribution in [1.82, 2.24) is 0 Å². The summed E-state index contributed by atoms with van der Waals surface area (Å²) in [6.07, 6.45) is 3.66. The summed E-state index contributed by atoms with van der Waals surface area (Å²) >= 11 is 0. The summed E-state index contributed by atoms with van der Waals surface area (Å²) in [7, 11) is 0. The molecule has 0 aliphatic heterocycles. The fourth-order valence-corrected chi connectivity index (χ4v) is 4.37. The normalized spacial score (nSPS) is 34.1. The van der Waals surface area contributed by atoms with Gasteiger partial charge in [0.1, 0.15) is 0 Å². The Bertz CT molecular complexity index is 406. The highest BCUT2D eigenvalue weighted by Gasteiger charge is 2.60. The Hall–Kier alpha value is -0.820. The monoisotopic (exact) mass is 215 g/mol. The molecule has 1 nitrogen and oxygen atoms in total. The minimum Gasteiger partial charge on any atom is -0.327 e. The van der Waals surface area contributed by atoms with Crippen LogP contribution in [-0.2, 0) is 6.42 Å². The van der Waals surface area contributed by atoms with Gasteiger partial charge in [-0.1, -0.05) is 38.1 Å². The second-order valence-corrected chi connectivity index (χ2v) is 5.51. The SMILES string of the molecule is CCC1(CC)C(N)C2Cc3ccccc3C21. The first-order valence-corrected chi connectivity index (χ1v) is 6.58. The van der Waals surface area contributed by atoms with Gasteiger partial charge in [0.05, 0.1) is 0 Å². The van der Waals surface area contributed by atoms with Crippen LogP contribution in [0.5, 0.6) is 0 Å². The molecule has 2 aliphatic rings. The van der Waals surface area contributed by atoms with E-state index in [1.165, 1.54) is 19.3 Å². The molecule has 2 aliphatic carbocycles. The number of rotatable bonds is 2. The molecule has 3 atom stereocenters. The lowest BCUT2D eigenvalue weighted by atomic mass is 9.48. The van der Waals surface area contributed by atoms with Crippen molar-refractivity contribution in [2.45, 2.75) is 45.1 Å². The molecule has 1 aromatic rings. The van der Waals surface area contributed by atoms with Gasteiger partial charge in [-0.25, -0.2) is 0 Å². The third-order valence-corrected chi connectivity index (χ3v) is 5.33. The number of fused-ring (bicyclic) bond motifs is 3. The summed E-state index contributed by atoms with van der Waals surface area (Å²) in [5.74, 6) is 1.46. The Morgan fingerprint density at radius 3 is 2.62 bits per heavy atom. The molecule has 1 heteroatoms. The summed E-state index contributed by atoms with van der Waals surface area (Å²) < 4.78 is 0. The first-order chi connectivity index (χ1) is 7.74. The maximum absolute atomic E-state index is 6.44. The molecule has 0 amide bonds. The number of hydrogen-bond acceptors (Lipinski definition) is 1. The van der Waals surface area contributed by atoms with Crippen molar-refractivity contribution in [1.29, 1.82) is 0 Å². The highest BCUT2D eigenvalue weighted by atomic mass is 14.8. The van der Waals surface area contributed by atoms with E-state index < -0.39 is 0 Å². The van der Waals surface area contributed by atoms with Gasteiger partial charge >= 0.3 is 0 Å². The molecule has 3 unspecified atom stereocenters. The third kappa shape index (κ3) is 1.00. The van der Waals surface area contributed by atoms with Gasteiger partial charge in [-0.15, -0.1) is 0 Å². The molecule has 2 N–H and O–H groups in total. The molecule has 0 spiro atoms. The molecule has 0 aromatic heterocycles. The molecule has 16 heavy (non-hydrogen) atoms. The lowest BCUT2D eigenvalue weighted by Crippen LogP contribution is -2.61. The molecular formula is C15H21N. The molecular weight excluding hydrogens is 194 g/mol. The Kier molecular flexibility index (Phi) is 2.16. The zero-order valence-electron chi connectivity index (χ0n) is 10.2. The minimum atomic E-state index is 0.386. The molecule has 1 aromatic carbocycles. The molecule has 3 rings (SSSR count). The molecule has 0 saturated heterocycles. The van der Waals surface area contributed by atoms with Crippen molar-refractivity contribution in [3.05, 3.63) is 35.4 Å². The van der Waals surface area contributed by atoms with Crippen LogP contribution in [0.2, 0.25) is 0 Å². The van der Waals surface area contributed by atoms with E-state index in [-0.39, 0.29) is 0 Å². The van der Waals surface area contributed by atoms with E-state index >= 15 is 0 Å². The molecule has 0 heterocycles. The van der Waals surface area contributed by atoms with Gasteiger partial charge in [0.2, 0.25) is 0 Å². The minimum absolute atomic E-state index is 0.386. The van der Waals surface area contributed by atoms with Crippen LogP contribution in [-0.4, -0.2) is 6.04 Å². The quantitative estimate of drug-likeness (QED) is 0.806. The zero-order chi connectivity index (χ0) is 11.3. The highest BCUT2D eigenvalue weighted by Crippen LogP contribution is 2.64. The second kappa shape index (κ2) is 3.33. The van der Waals surface area contributed by atoms with Crippen LogP contribution in [0.4, 0.5) is 0 Å². The zero-order valence-corrected chi connectivity index (χ0v) is 10.2. The molecule has 0 bridgehead atoms. The van der Waals surface area contributed by atoms with Gasteiger partial charge in [-0.2, -0.15) is 0 Å². The van der Waals surface area contributed by atoms with Crippen LogP contribution in [0, 0.1) is 11.3 Å². The Morgan fingerprint density at radius 1 is 1.25 bits per heavy atom. The van der Waals surface area contributed by atoms with E-state index in [0.717, 1.165) is 11.8 Å². The Morgan fingerprint density at radius 2 is 1.94 bits per heavy atom. The van der Waals surface area contributed by atoms with E-state index in [1.807, 2.05) is 0 Å². The van der Waals surface area contributed by atoms with Crippen LogP contribution < -0.4 is 5.73 Å². The molecule has 1 fully saturated rings. The van der Waals surface area contributed by atoms with Crippen LogP contribution in [0.1, 0.15) is 43.7 Å². The number of benzene rings is 1. The maximum atomic E-state index is 6.44. The predicted octanol–water partition coefficient (Wildman–Crippen LogP) is 3.09. The van der Waals surface area contributed by atoms with Crippen LogP contribution in [0.15, 0.2) is 24.3 Å². The van der Waals surface area contributed by atoms with E-state index in [4.69, 9.17) is 5.73 Å². The fourth-order valence-electron chi connectivity index (χ4n) is 4.37. The number of nitrogens with two attached hydrogens (primary N) is 1. The average Bonchev–Trinajstić information content (AvgIpc) is 2.68. The van der Waals surface area contributed by atoms with Gasteiger partial charge in [-0.05, 0) is 47.6 Å². The number of hydrogen-bond donors (Lipinski definition) is 1. The maximum Gasteiger partial charge on any atom is 0.0139 e. The topological polar surface area (TPSA) is 26.0 Å². The second-order valence-electron chi connectivity index (χ2n) is 5.51. The molecule has 0 radical (unpaired) electrons. The molecule has 1 saturated carbocycles. The first kappa shape index (κ1) is 10.3. The largest absolute Gasteiger partial charge is 0.327 e. The average molecular weight is 215 g/mol. The smallest absolute Gasteiger partial charge is 0.0139 e. The van der Waals surface area contributed by atoms with Gasteiger partial charge < -0.3 is 5.73 Å². The van der Waals surface area contributed by atoms with Crippen molar-refractivity contribution in [2.24, 2.45) is 17.1 Å². The first-order valence-electron chi connectivity index (χ1n) is 6.58. The van der Waals surface area contributed by atoms with Crippen molar-refractivity contribution in [2.75, 3.05) is 0 Å². The van der Waals surface area contributed by atoms with Gasteiger partial charge in [-0.3, -0.25) is 0 Å². The van der Waals surface area contributed by atoms with Gasteiger partial charge in [0.15, 0.2) is 0 Å². The van der Waals surface area contributed by atoms with Crippen molar-refractivity contribution in [3.63, 3.8) is 0 Å². The summed E-state index contributed by atoms with van der Waals surface area (Å²) in [5, 5.41) is 0. The predicted molar refractivity (Wildman–Crippen MR) is 67.4 cm³/mol. The van der Waals surface area contributed by atoms with Crippen LogP contribution >= 0.6 is 0 Å². The molecule has 86 valence electrons. The lowest BCUT2D eigenvalue weighted by molar-refractivity contribution is -0.0161. The Balaban J connectivity index is 2.05.